The molecule has 0 atom stereocenters. The number of benzene rings is 7. The van der Waals surface area contributed by atoms with E-state index in [0.29, 0.717) is 0 Å². The quantitative estimate of drug-likeness (QED) is 0.183. The highest BCUT2D eigenvalue weighted by Crippen LogP contribution is 2.42. The summed E-state index contributed by atoms with van der Waals surface area (Å²) in [6.45, 7) is 7.91. The van der Waals surface area contributed by atoms with Crippen LogP contribution in [0.1, 0.15) is 11.3 Å². The first-order valence-electron chi connectivity index (χ1n) is 17.4. The van der Waals surface area contributed by atoms with E-state index < -0.39 is 0 Å². The van der Waals surface area contributed by atoms with Crippen molar-refractivity contribution in [3.05, 3.63) is 164 Å². The van der Waals surface area contributed by atoms with Gasteiger partial charge in [-0.25, -0.2) is 0 Å². The molecule has 7 aromatic carbocycles. The predicted octanol–water partition coefficient (Wildman–Crippen LogP) is 13.9. The van der Waals surface area contributed by atoms with E-state index in [0.717, 1.165) is 94.1 Å². The van der Waals surface area contributed by atoms with Crippen LogP contribution in [0.25, 0.3) is 117 Å². The average molecular weight is 668 g/mol. The van der Waals surface area contributed by atoms with Gasteiger partial charge >= 0.3 is 0 Å². The zero-order chi connectivity index (χ0) is 34.5. The SMILES string of the molecule is C=Cc1oc2ccc(-c3ccc4oc5ccc6c7cc(-c8ccc9c(c8)c8ccccc8n9-c8ccccc8)ccc7oc6c5c4c3)cc2c1C=C. The molecule has 0 aliphatic carbocycles. The molecule has 0 N–H and O–H groups in total. The van der Waals surface area contributed by atoms with Crippen molar-refractivity contribution >= 4 is 88.8 Å². The summed E-state index contributed by atoms with van der Waals surface area (Å²) in [5.74, 6) is 0.727. The third kappa shape index (κ3) is 4.03. The standard InChI is InChI=1S/C48H29NO3/c1-3-33-37-25-29(15-20-43(37)50-42(33)4-2)31-17-22-45-39(27-31)47-46(51-45)23-18-35-38-26-30(16-21-44(38)52-48(35)47)28-14-19-41-36(24-28)34-12-8-9-13-40(34)49(41)32-10-6-5-7-11-32/h3-27H,1-2H2. The lowest BCUT2D eigenvalue weighted by Gasteiger charge is -2.08. The van der Waals surface area contributed by atoms with Gasteiger partial charge in [-0.3, -0.25) is 0 Å². The highest BCUT2D eigenvalue weighted by molar-refractivity contribution is 6.22. The van der Waals surface area contributed by atoms with Crippen LogP contribution < -0.4 is 0 Å². The van der Waals surface area contributed by atoms with Gasteiger partial charge in [-0.15, -0.1) is 0 Å². The van der Waals surface area contributed by atoms with Crippen molar-refractivity contribution < 1.29 is 13.3 Å². The molecule has 4 aromatic heterocycles. The fourth-order valence-electron chi connectivity index (χ4n) is 8.14. The topological polar surface area (TPSA) is 44.4 Å². The number of fused-ring (bicyclic) bond motifs is 11. The second-order valence-corrected chi connectivity index (χ2v) is 13.4. The van der Waals surface area contributed by atoms with Gasteiger partial charge in [0.25, 0.3) is 0 Å². The largest absolute Gasteiger partial charge is 0.456 e. The second-order valence-electron chi connectivity index (χ2n) is 13.4. The third-order valence-corrected chi connectivity index (χ3v) is 10.6. The first kappa shape index (κ1) is 28.8. The van der Waals surface area contributed by atoms with Gasteiger partial charge in [0.1, 0.15) is 33.7 Å². The van der Waals surface area contributed by atoms with Crippen LogP contribution in [-0.4, -0.2) is 4.57 Å². The van der Waals surface area contributed by atoms with E-state index in [2.05, 4.69) is 145 Å². The van der Waals surface area contributed by atoms with Crippen molar-refractivity contribution in [2.24, 2.45) is 0 Å². The maximum Gasteiger partial charge on any atom is 0.147 e. The van der Waals surface area contributed by atoms with Crippen LogP contribution in [0.15, 0.2) is 166 Å². The van der Waals surface area contributed by atoms with E-state index in [-0.39, 0.29) is 0 Å². The molecule has 0 unspecified atom stereocenters. The molecule has 4 heteroatoms. The molecule has 4 heterocycles. The molecule has 0 saturated carbocycles. The second kappa shape index (κ2) is 10.7. The Morgan fingerprint density at radius 1 is 0.423 bits per heavy atom. The van der Waals surface area contributed by atoms with Gasteiger partial charge in [-0.2, -0.15) is 0 Å². The molecular formula is C48H29NO3. The number of rotatable bonds is 5. The van der Waals surface area contributed by atoms with Crippen LogP contribution in [0.3, 0.4) is 0 Å². The number of furan rings is 3. The number of hydrogen-bond acceptors (Lipinski definition) is 3. The molecular weight excluding hydrogens is 639 g/mol. The van der Waals surface area contributed by atoms with Gasteiger partial charge in [0, 0.05) is 43.6 Å². The van der Waals surface area contributed by atoms with E-state index in [1.807, 2.05) is 18.2 Å². The molecule has 0 spiro atoms. The first-order chi connectivity index (χ1) is 25.7. The van der Waals surface area contributed by atoms with Crippen LogP contribution in [0.5, 0.6) is 0 Å². The first-order valence-corrected chi connectivity index (χ1v) is 17.4. The highest BCUT2D eigenvalue weighted by atomic mass is 16.3. The summed E-state index contributed by atoms with van der Waals surface area (Å²) in [4.78, 5) is 0. The smallest absolute Gasteiger partial charge is 0.147 e. The summed E-state index contributed by atoms with van der Waals surface area (Å²) in [5, 5.41) is 7.60. The summed E-state index contributed by atoms with van der Waals surface area (Å²) in [5.41, 5.74) is 13.0. The molecule has 11 rings (SSSR count). The van der Waals surface area contributed by atoms with Crippen LogP contribution in [0, 0.1) is 0 Å². The van der Waals surface area contributed by atoms with Gasteiger partial charge in [0.05, 0.1) is 16.4 Å². The molecule has 0 fully saturated rings. The monoisotopic (exact) mass is 667 g/mol. The van der Waals surface area contributed by atoms with Gasteiger partial charge in [0.15, 0.2) is 0 Å². The molecule has 0 aliphatic heterocycles. The molecule has 244 valence electrons. The van der Waals surface area contributed by atoms with Crippen molar-refractivity contribution in [2.45, 2.75) is 0 Å². The van der Waals surface area contributed by atoms with Crippen LogP contribution in [-0.2, 0) is 0 Å². The van der Waals surface area contributed by atoms with Crippen molar-refractivity contribution in [3.8, 4) is 27.9 Å². The molecule has 0 amide bonds. The Balaban J connectivity index is 1.06. The van der Waals surface area contributed by atoms with Crippen LogP contribution in [0.4, 0.5) is 0 Å². The van der Waals surface area contributed by atoms with Crippen molar-refractivity contribution in [2.75, 3.05) is 0 Å². The van der Waals surface area contributed by atoms with Crippen molar-refractivity contribution in [3.63, 3.8) is 0 Å². The molecule has 0 saturated heterocycles. The van der Waals surface area contributed by atoms with E-state index in [9.17, 15) is 0 Å². The van der Waals surface area contributed by atoms with Gasteiger partial charge in [-0.05, 0) is 107 Å². The summed E-state index contributed by atoms with van der Waals surface area (Å²) >= 11 is 0. The van der Waals surface area contributed by atoms with Gasteiger partial charge in [-0.1, -0.05) is 79.9 Å². The summed E-state index contributed by atoms with van der Waals surface area (Å²) < 4.78 is 21.4. The number of aromatic nitrogens is 1. The summed E-state index contributed by atoms with van der Waals surface area (Å²) in [7, 11) is 0. The van der Waals surface area contributed by atoms with E-state index in [4.69, 9.17) is 13.3 Å². The lowest BCUT2D eigenvalue weighted by molar-refractivity contribution is 0.603. The minimum absolute atomic E-state index is 0.727. The molecule has 0 radical (unpaired) electrons. The third-order valence-electron chi connectivity index (χ3n) is 10.6. The Morgan fingerprint density at radius 2 is 1.02 bits per heavy atom. The van der Waals surface area contributed by atoms with E-state index in [1.54, 1.807) is 6.08 Å². The Morgan fingerprint density at radius 3 is 1.77 bits per heavy atom. The van der Waals surface area contributed by atoms with Gasteiger partial charge < -0.3 is 17.8 Å². The fourth-order valence-corrected chi connectivity index (χ4v) is 8.14. The summed E-state index contributed by atoms with van der Waals surface area (Å²) in [6.07, 6.45) is 3.55. The lowest BCUT2D eigenvalue weighted by Crippen LogP contribution is -1.92. The lowest BCUT2D eigenvalue weighted by atomic mass is 9.99. The number of nitrogens with zero attached hydrogens (tertiary/aromatic N) is 1. The maximum absolute atomic E-state index is 6.66. The average Bonchev–Trinajstić information content (AvgIpc) is 3.95. The minimum Gasteiger partial charge on any atom is -0.456 e. The normalized spacial score (nSPS) is 12.0. The number of para-hydroxylation sites is 2. The zero-order valence-corrected chi connectivity index (χ0v) is 28.0. The maximum atomic E-state index is 6.66. The van der Waals surface area contributed by atoms with Crippen molar-refractivity contribution in [1.82, 2.24) is 4.57 Å². The van der Waals surface area contributed by atoms with Crippen molar-refractivity contribution in [1.29, 1.82) is 0 Å². The van der Waals surface area contributed by atoms with Crippen LogP contribution in [0.2, 0.25) is 0 Å². The predicted molar refractivity (Wildman–Crippen MR) is 216 cm³/mol. The molecule has 4 nitrogen and oxygen atoms in total. The zero-order valence-electron chi connectivity index (χ0n) is 28.0. The number of hydrogen-bond donors (Lipinski definition) is 0. The summed E-state index contributed by atoms with van der Waals surface area (Å²) in [6, 6.07) is 49.3. The fraction of sp³-hybridized carbons (Fsp3) is 0. The Kier molecular flexibility index (Phi) is 5.93. The van der Waals surface area contributed by atoms with Gasteiger partial charge in [0.2, 0.25) is 0 Å². The van der Waals surface area contributed by atoms with Crippen LogP contribution >= 0.6 is 0 Å². The Labute approximate surface area is 297 Å². The van der Waals surface area contributed by atoms with E-state index in [1.165, 1.54) is 21.8 Å². The Hall–Kier alpha value is -7.04. The van der Waals surface area contributed by atoms with E-state index >= 15 is 0 Å². The highest BCUT2D eigenvalue weighted by Gasteiger charge is 2.19. The molecule has 52 heavy (non-hydrogen) atoms. The minimum atomic E-state index is 0.727. The molecule has 0 bridgehead atoms. The molecule has 0 aliphatic rings. The molecule has 11 aromatic rings. The Bertz CT molecular complexity index is 3270.